The quantitative estimate of drug-likeness (QED) is 0.790. The summed E-state index contributed by atoms with van der Waals surface area (Å²) in [6.07, 6.45) is 0.738. The third kappa shape index (κ3) is 2.22. The minimum atomic E-state index is -0.912. The summed E-state index contributed by atoms with van der Waals surface area (Å²) in [6, 6.07) is 3.18. The molecule has 0 amide bonds. The minimum absolute atomic E-state index is 0.292. The van der Waals surface area contributed by atoms with E-state index in [-0.39, 0.29) is 0 Å². The average molecular weight is 194 g/mol. The zero-order chi connectivity index (χ0) is 10.7. The Kier molecular flexibility index (Phi) is 3.06. The van der Waals surface area contributed by atoms with Crippen LogP contribution < -0.4 is 4.90 Å². The fraction of sp³-hybridized carbons (Fsp3) is 0.400. The topological polar surface area (TPSA) is 53.4 Å². The predicted octanol–water partition coefficient (Wildman–Crippen LogP) is 1.41. The van der Waals surface area contributed by atoms with Gasteiger partial charge in [-0.15, -0.1) is 0 Å². The van der Waals surface area contributed by atoms with Crippen molar-refractivity contribution < 1.29 is 9.90 Å². The van der Waals surface area contributed by atoms with Gasteiger partial charge in [0.25, 0.3) is 0 Å². The second-order valence-corrected chi connectivity index (χ2v) is 3.26. The molecule has 0 fully saturated rings. The first-order chi connectivity index (χ1) is 6.54. The predicted molar refractivity (Wildman–Crippen MR) is 54.9 cm³/mol. The van der Waals surface area contributed by atoms with Gasteiger partial charge < -0.3 is 10.0 Å². The third-order valence-electron chi connectivity index (χ3n) is 1.93. The van der Waals surface area contributed by atoms with Crippen molar-refractivity contribution in [2.75, 3.05) is 19.0 Å². The number of anilines is 1. The number of rotatable bonds is 3. The van der Waals surface area contributed by atoms with Gasteiger partial charge in [-0.05, 0) is 18.6 Å². The second kappa shape index (κ2) is 4.09. The first-order valence-corrected chi connectivity index (χ1v) is 4.46. The lowest BCUT2D eigenvalue weighted by molar-refractivity contribution is 0.0696. The number of pyridine rings is 1. The van der Waals surface area contributed by atoms with Crippen molar-refractivity contribution >= 4 is 11.8 Å². The summed E-state index contributed by atoms with van der Waals surface area (Å²) < 4.78 is 0. The van der Waals surface area contributed by atoms with E-state index in [0.717, 1.165) is 12.1 Å². The molecule has 0 spiro atoms. The van der Waals surface area contributed by atoms with E-state index < -0.39 is 5.97 Å². The van der Waals surface area contributed by atoms with Crippen LogP contribution in [0.2, 0.25) is 0 Å². The van der Waals surface area contributed by atoms with E-state index in [1.54, 1.807) is 17.0 Å². The molecular weight excluding hydrogens is 180 g/mol. The van der Waals surface area contributed by atoms with Crippen LogP contribution in [0, 0.1) is 0 Å². The summed E-state index contributed by atoms with van der Waals surface area (Å²) in [5.41, 5.74) is 1.09. The van der Waals surface area contributed by atoms with E-state index >= 15 is 0 Å². The molecule has 0 saturated heterocycles. The molecular formula is C10H14N2O2. The maximum atomic E-state index is 10.8. The Morgan fingerprint density at radius 3 is 2.57 bits per heavy atom. The summed E-state index contributed by atoms with van der Waals surface area (Å²) >= 11 is 0. The normalized spacial score (nSPS) is 9.93. The zero-order valence-electron chi connectivity index (χ0n) is 8.61. The van der Waals surface area contributed by atoms with Crippen molar-refractivity contribution in [3.8, 4) is 0 Å². The van der Waals surface area contributed by atoms with E-state index in [1.807, 2.05) is 21.0 Å². The fourth-order valence-electron chi connectivity index (χ4n) is 1.11. The van der Waals surface area contributed by atoms with E-state index in [1.165, 1.54) is 0 Å². The average Bonchev–Trinajstić information content (AvgIpc) is 2.16. The molecule has 0 bridgehead atoms. The SMILES string of the molecule is CCc1cc(C(=O)O)cc(N(C)C)n1. The van der Waals surface area contributed by atoms with Crippen molar-refractivity contribution in [2.45, 2.75) is 13.3 Å². The zero-order valence-corrected chi connectivity index (χ0v) is 8.61. The number of aromatic nitrogens is 1. The lowest BCUT2D eigenvalue weighted by Crippen LogP contribution is -2.13. The molecule has 1 aromatic rings. The minimum Gasteiger partial charge on any atom is -0.478 e. The molecule has 0 aliphatic rings. The molecule has 1 heterocycles. The van der Waals surface area contributed by atoms with E-state index in [4.69, 9.17) is 5.11 Å². The largest absolute Gasteiger partial charge is 0.478 e. The van der Waals surface area contributed by atoms with Crippen molar-refractivity contribution in [1.29, 1.82) is 0 Å². The number of carboxylic acid groups (broad SMARTS) is 1. The Labute approximate surface area is 83.2 Å². The number of hydrogen-bond acceptors (Lipinski definition) is 3. The molecule has 0 aromatic carbocycles. The summed E-state index contributed by atoms with van der Waals surface area (Å²) in [5, 5.41) is 8.86. The van der Waals surface area contributed by atoms with Crippen LogP contribution in [0.15, 0.2) is 12.1 Å². The lowest BCUT2D eigenvalue weighted by atomic mass is 10.2. The number of hydrogen-bond donors (Lipinski definition) is 1. The lowest BCUT2D eigenvalue weighted by Gasteiger charge is -2.13. The Morgan fingerprint density at radius 1 is 1.50 bits per heavy atom. The highest BCUT2D eigenvalue weighted by molar-refractivity contribution is 5.88. The molecule has 0 saturated carbocycles. The molecule has 4 heteroatoms. The van der Waals surface area contributed by atoms with Gasteiger partial charge in [0.05, 0.1) is 5.56 Å². The van der Waals surface area contributed by atoms with Gasteiger partial charge in [0, 0.05) is 19.8 Å². The van der Waals surface area contributed by atoms with Crippen molar-refractivity contribution in [3.63, 3.8) is 0 Å². The Hall–Kier alpha value is -1.58. The molecule has 4 nitrogen and oxygen atoms in total. The number of nitrogens with zero attached hydrogens (tertiary/aromatic N) is 2. The highest BCUT2D eigenvalue weighted by Gasteiger charge is 2.08. The summed E-state index contributed by atoms with van der Waals surface area (Å²) in [4.78, 5) is 16.9. The fourth-order valence-corrected chi connectivity index (χ4v) is 1.11. The molecule has 1 rings (SSSR count). The van der Waals surface area contributed by atoms with Gasteiger partial charge in [0.2, 0.25) is 0 Å². The van der Waals surface area contributed by atoms with Crippen molar-refractivity contribution in [2.24, 2.45) is 0 Å². The molecule has 0 unspecified atom stereocenters. The van der Waals surface area contributed by atoms with Crippen molar-refractivity contribution in [1.82, 2.24) is 4.98 Å². The van der Waals surface area contributed by atoms with Crippen LogP contribution in [0.1, 0.15) is 23.0 Å². The van der Waals surface area contributed by atoms with Gasteiger partial charge in [-0.25, -0.2) is 9.78 Å². The molecule has 0 radical (unpaired) electrons. The maximum Gasteiger partial charge on any atom is 0.335 e. The van der Waals surface area contributed by atoms with Gasteiger partial charge >= 0.3 is 5.97 Å². The highest BCUT2D eigenvalue weighted by Crippen LogP contribution is 2.13. The van der Waals surface area contributed by atoms with Crippen LogP contribution >= 0.6 is 0 Å². The van der Waals surface area contributed by atoms with E-state index in [0.29, 0.717) is 11.4 Å². The van der Waals surface area contributed by atoms with Crippen LogP contribution in [0.5, 0.6) is 0 Å². The number of carbonyl (C=O) groups is 1. The van der Waals surface area contributed by atoms with Gasteiger partial charge in [-0.2, -0.15) is 0 Å². The standard InChI is InChI=1S/C10H14N2O2/c1-4-8-5-7(10(13)14)6-9(11-8)12(2)3/h5-6H,4H2,1-3H3,(H,13,14). The van der Waals surface area contributed by atoms with Crippen LogP contribution in [0.3, 0.4) is 0 Å². The number of aromatic carboxylic acids is 1. The second-order valence-electron chi connectivity index (χ2n) is 3.26. The third-order valence-corrected chi connectivity index (χ3v) is 1.93. The molecule has 76 valence electrons. The summed E-state index contributed by atoms with van der Waals surface area (Å²) in [6.45, 7) is 1.95. The Balaban J connectivity index is 3.20. The number of carboxylic acids is 1. The number of aryl methyl sites for hydroxylation is 1. The van der Waals surface area contributed by atoms with Crippen molar-refractivity contribution in [3.05, 3.63) is 23.4 Å². The maximum absolute atomic E-state index is 10.8. The van der Waals surface area contributed by atoms with Gasteiger partial charge in [0.15, 0.2) is 0 Å². The molecule has 1 aromatic heterocycles. The summed E-state index contributed by atoms with van der Waals surface area (Å²) in [5.74, 6) is -0.230. The first-order valence-electron chi connectivity index (χ1n) is 4.46. The van der Waals surface area contributed by atoms with Crippen LogP contribution in [0.4, 0.5) is 5.82 Å². The van der Waals surface area contributed by atoms with Crippen LogP contribution in [0.25, 0.3) is 0 Å². The highest BCUT2D eigenvalue weighted by atomic mass is 16.4. The molecule has 0 atom stereocenters. The first kappa shape index (κ1) is 10.5. The van der Waals surface area contributed by atoms with E-state index in [2.05, 4.69) is 4.98 Å². The smallest absolute Gasteiger partial charge is 0.335 e. The monoisotopic (exact) mass is 194 g/mol. The Morgan fingerprint density at radius 2 is 2.14 bits per heavy atom. The Bertz CT molecular complexity index is 348. The molecule has 14 heavy (non-hydrogen) atoms. The summed E-state index contributed by atoms with van der Waals surface area (Å²) in [7, 11) is 3.68. The molecule has 0 aliphatic heterocycles. The van der Waals surface area contributed by atoms with Gasteiger partial charge in [0.1, 0.15) is 5.82 Å². The van der Waals surface area contributed by atoms with E-state index in [9.17, 15) is 4.79 Å². The van der Waals surface area contributed by atoms with Gasteiger partial charge in [-0.3, -0.25) is 0 Å². The van der Waals surface area contributed by atoms with Crippen LogP contribution in [-0.2, 0) is 6.42 Å². The van der Waals surface area contributed by atoms with Crippen LogP contribution in [-0.4, -0.2) is 30.2 Å². The van der Waals surface area contributed by atoms with Gasteiger partial charge in [-0.1, -0.05) is 6.92 Å². The molecule has 0 aliphatic carbocycles. The molecule has 1 N–H and O–H groups in total.